The summed E-state index contributed by atoms with van der Waals surface area (Å²) in [6.07, 6.45) is 0. The van der Waals surface area contributed by atoms with Crippen molar-refractivity contribution in [3.8, 4) is 5.75 Å². The predicted molar refractivity (Wildman–Crippen MR) is 86.6 cm³/mol. The summed E-state index contributed by atoms with van der Waals surface area (Å²) in [5, 5.41) is 9.01. The Kier molecular flexibility index (Phi) is 4.90. The molecule has 0 unspecified atom stereocenters. The van der Waals surface area contributed by atoms with E-state index in [1.807, 2.05) is 6.92 Å². The Morgan fingerprint density at radius 1 is 1.17 bits per heavy atom. The number of aromatic carboxylic acids is 1. The average Bonchev–Trinajstić information content (AvgIpc) is 2.50. The minimum atomic E-state index is -3.81. The average molecular weight is 335 g/mol. The zero-order valence-electron chi connectivity index (χ0n) is 12.7. The molecular formula is C16H17NO5S. The molecule has 0 saturated heterocycles. The fourth-order valence-corrected chi connectivity index (χ4v) is 3.07. The maximum atomic E-state index is 12.4. The second kappa shape index (κ2) is 6.70. The van der Waals surface area contributed by atoms with Crippen LogP contribution in [0.4, 0.5) is 5.69 Å². The largest absolute Gasteiger partial charge is 0.494 e. The Balaban J connectivity index is 2.30. The molecule has 2 rings (SSSR count). The van der Waals surface area contributed by atoms with E-state index in [2.05, 4.69) is 4.72 Å². The summed E-state index contributed by atoms with van der Waals surface area (Å²) in [7, 11) is -3.81. The van der Waals surface area contributed by atoms with E-state index in [1.54, 1.807) is 25.1 Å². The van der Waals surface area contributed by atoms with Crippen molar-refractivity contribution in [3.05, 3.63) is 53.6 Å². The summed E-state index contributed by atoms with van der Waals surface area (Å²) in [6.45, 7) is 4.03. The van der Waals surface area contributed by atoms with E-state index in [1.165, 1.54) is 24.3 Å². The Hall–Kier alpha value is -2.54. The first-order chi connectivity index (χ1) is 10.8. The number of carboxylic acids is 1. The van der Waals surface area contributed by atoms with Crippen molar-refractivity contribution in [2.75, 3.05) is 11.3 Å². The Labute approximate surface area is 134 Å². The molecule has 122 valence electrons. The molecule has 0 aromatic heterocycles. The number of carboxylic acid groups (broad SMARTS) is 1. The molecule has 0 saturated carbocycles. The van der Waals surface area contributed by atoms with Crippen molar-refractivity contribution in [2.45, 2.75) is 18.7 Å². The second-order valence-electron chi connectivity index (χ2n) is 4.84. The maximum Gasteiger partial charge on any atom is 0.335 e. The lowest BCUT2D eigenvalue weighted by Gasteiger charge is -2.12. The number of sulfonamides is 1. The van der Waals surface area contributed by atoms with Crippen LogP contribution in [0.5, 0.6) is 5.75 Å². The Morgan fingerprint density at radius 2 is 1.83 bits per heavy atom. The van der Waals surface area contributed by atoms with E-state index in [0.29, 0.717) is 17.9 Å². The van der Waals surface area contributed by atoms with Gasteiger partial charge in [-0.25, -0.2) is 13.2 Å². The normalized spacial score (nSPS) is 11.0. The number of ether oxygens (including phenoxy) is 1. The van der Waals surface area contributed by atoms with Crippen LogP contribution in [0.25, 0.3) is 0 Å². The third kappa shape index (κ3) is 4.01. The third-order valence-corrected chi connectivity index (χ3v) is 4.56. The Morgan fingerprint density at radius 3 is 2.39 bits per heavy atom. The van der Waals surface area contributed by atoms with E-state index < -0.39 is 16.0 Å². The SMILES string of the molecule is CCOc1ccc(S(=O)(=O)Nc2cc(C(=O)O)ccc2C)cc1. The number of carbonyl (C=O) groups is 1. The minimum absolute atomic E-state index is 0.0139. The van der Waals surface area contributed by atoms with Crippen LogP contribution in [0.3, 0.4) is 0 Å². The number of anilines is 1. The zero-order chi connectivity index (χ0) is 17.0. The maximum absolute atomic E-state index is 12.4. The number of rotatable bonds is 6. The van der Waals surface area contributed by atoms with Crippen molar-refractivity contribution in [2.24, 2.45) is 0 Å². The van der Waals surface area contributed by atoms with Gasteiger partial charge in [0.1, 0.15) is 5.75 Å². The molecule has 0 aliphatic rings. The molecule has 0 aliphatic carbocycles. The van der Waals surface area contributed by atoms with Crippen LogP contribution in [0.15, 0.2) is 47.4 Å². The number of aryl methyl sites for hydroxylation is 1. The standard InChI is InChI=1S/C16H17NO5S/c1-3-22-13-6-8-14(9-7-13)23(20,21)17-15-10-12(16(18)19)5-4-11(15)2/h4-10,17H,3H2,1-2H3,(H,18,19). The van der Waals surface area contributed by atoms with E-state index >= 15 is 0 Å². The van der Waals surface area contributed by atoms with Gasteiger partial charge in [-0.15, -0.1) is 0 Å². The third-order valence-electron chi connectivity index (χ3n) is 3.17. The van der Waals surface area contributed by atoms with Crippen LogP contribution in [0.2, 0.25) is 0 Å². The van der Waals surface area contributed by atoms with Crippen molar-refractivity contribution < 1.29 is 23.1 Å². The molecule has 7 heteroatoms. The smallest absolute Gasteiger partial charge is 0.335 e. The van der Waals surface area contributed by atoms with Gasteiger partial charge in [0.2, 0.25) is 0 Å². The fraction of sp³-hybridized carbons (Fsp3) is 0.188. The first-order valence-corrected chi connectivity index (χ1v) is 8.41. The van der Waals surface area contributed by atoms with Gasteiger partial charge in [-0.2, -0.15) is 0 Å². The summed E-state index contributed by atoms with van der Waals surface area (Å²) in [5.74, 6) is -0.540. The molecule has 0 heterocycles. The van der Waals surface area contributed by atoms with E-state index in [4.69, 9.17) is 9.84 Å². The highest BCUT2D eigenvalue weighted by Gasteiger charge is 2.16. The van der Waals surface area contributed by atoms with Gasteiger partial charge in [-0.3, -0.25) is 4.72 Å². The van der Waals surface area contributed by atoms with Crippen LogP contribution < -0.4 is 9.46 Å². The van der Waals surface area contributed by atoms with E-state index in [9.17, 15) is 13.2 Å². The van der Waals surface area contributed by atoms with Gasteiger partial charge in [0.15, 0.2) is 0 Å². The summed E-state index contributed by atoms with van der Waals surface area (Å²) in [5.41, 5.74) is 0.878. The zero-order valence-corrected chi connectivity index (χ0v) is 13.6. The molecule has 0 fully saturated rings. The van der Waals surface area contributed by atoms with Gasteiger partial charge in [0.05, 0.1) is 22.8 Å². The number of nitrogens with one attached hydrogen (secondary N) is 1. The highest BCUT2D eigenvalue weighted by atomic mass is 32.2. The second-order valence-corrected chi connectivity index (χ2v) is 6.53. The van der Waals surface area contributed by atoms with Crippen LogP contribution in [-0.2, 0) is 10.0 Å². The van der Waals surface area contributed by atoms with Crippen LogP contribution in [0, 0.1) is 6.92 Å². The number of benzene rings is 2. The van der Waals surface area contributed by atoms with Gasteiger partial charge >= 0.3 is 5.97 Å². The molecule has 0 aliphatic heterocycles. The lowest BCUT2D eigenvalue weighted by Crippen LogP contribution is -2.14. The van der Waals surface area contributed by atoms with Crippen molar-refractivity contribution in [1.29, 1.82) is 0 Å². The molecule has 6 nitrogen and oxygen atoms in total. The van der Waals surface area contributed by atoms with E-state index in [0.717, 1.165) is 0 Å². The quantitative estimate of drug-likeness (QED) is 0.847. The summed E-state index contributed by atoms with van der Waals surface area (Å²) in [6, 6.07) is 10.3. The molecule has 0 radical (unpaired) electrons. The van der Waals surface area contributed by atoms with Crippen molar-refractivity contribution in [1.82, 2.24) is 0 Å². The summed E-state index contributed by atoms with van der Waals surface area (Å²) < 4.78 is 32.5. The number of hydrogen-bond acceptors (Lipinski definition) is 4. The van der Waals surface area contributed by atoms with Crippen LogP contribution in [-0.4, -0.2) is 26.1 Å². The number of hydrogen-bond donors (Lipinski definition) is 2. The predicted octanol–water partition coefficient (Wildman–Crippen LogP) is 2.89. The van der Waals surface area contributed by atoms with Gasteiger partial charge in [-0.1, -0.05) is 6.07 Å². The molecule has 0 atom stereocenters. The van der Waals surface area contributed by atoms with Gasteiger partial charge in [0.25, 0.3) is 10.0 Å². The fourth-order valence-electron chi connectivity index (χ4n) is 1.95. The van der Waals surface area contributed by atoms with E-state index in [-0.39, 0.29) is 16.1 Å². The Bertz CT molecular complexity index is 813. The van der Waals surface area contributed by atoms with Crippen LogP contribution in [0.1, 0.15) is 22.8 Å². The topological polar surface area (TPSA) is 92.7 Å². The molecule has 2 aromatic rings. The van der Waals surface area contributed by atoms with Gasteiger partial charge in [0, 0.05) is 0 Å². The summed E-state index contributed by atoms with van der Waals surface area (Å²) in [4.78, 5) is 11.1. The minimum Gasteiger partial charge on any atom is -0.494 e. The first-order valence-electron chi connectivity index (χ1n) is 6.93. The van der Waals surface area contributed by atoms with Gasteiger partial charge < -0.3 is 9.84 Å². The molecule has 0 bridgehead atoms. The molecule has 2 aromatic carbocycles. The lowest BCUT2D eigenvalue weighted by atomic mass is 10.1. The molecular weight excluding hydrogens is 318 g/mol. The first kappa shape index (κ1) is 16.8. The highest BCUT2D eigenvalue weighted by Crippen LogP contribution is 2.22. The molecule has 0 amide bonds. The summed E-state index contributed by atoms with van der Waals surface area (Å²) >= 11 is 0. The van der Waals surface area contributed by atoms with Crippen LogP contribution >= 0.6 is 0 Å². The van der Waals surface area contributed by atoms with Crippen molar-refractivity contribution >= 4 is 21.7 Å². The molecule has 23 heavy (non-hydrogen) atoms. The van der Waals surface area contributed by atoms with Crippen molar-refractivity contribution in [3.63, 3.8) is 0 Å². The lowest BCUT2D eigenvalue weighted by molar-refractivity contribution is 0.0697. The molecule has 2 N–H and O–H groups in total. The highest BCUT2D eigenvalue weighted by molar-refractivity contribution is 7.92. The molecule has 0 spiro atoms. The monoisotopic (exact) mass is 335 g/mol. The van der Waals surface area contributed by atoms with Gasteiger partial charge in [-0.05, 0) is 55.8 Å².